The lowest BCUT2D eigenvalue weighted by atomic mass is 9.82. The van der Waals surface area contributed by atoms with Crippen molar-refractivity contribution in [2.45, 2.75) is 44.5 Å². The SMILES string of the molecule is C[C@H](/C=C/CC(=O)N1Cc2ccccc2C[C@H]1CO)[C@@]1(O)C(=O)N(Cc2cccc(N3C(=O)COc4ccccc43)c2)c2ccc([N+](=O)[O-])cc21. The summed E-state index contributed by atoms with van der Waals surface area (Å²) in [5, 5.41) is 34.0. The maximum atomic E-state index is 14.2. The molecule has 0 saturated carbocycles. The monoisotopic (exact) mass is 688 g/mol. The van der Waals surface area contributed by atoms with Gasteiger partial charge >= 0.3 is 0 Å². The highest BCUT2D eigenvalue weighted by Gasteiger charge is 2.53. The fourth-order valence-corrected chi connectivity index (χ4v) is 7.24. The van der Waals surface area contributed by atoms with Crippen LogP contribution < -0.4 is 14.5 Å². The average molecular weight is 689 g/mol. The normalized spacial score (nSPS) is 20.1. The lowest BCUT2D eigenvalue weighted by Crippen LogP contribution is -2.46. The summed E-state index contributed by atoms with van der Waals surface area (Å²) in [7, 11) is 0. The van der Waals surface area contributed by atoms with E-state index < -0.39 is 22.3 Å². The first kappa shape index (κ1) is 33.6. The third-order valence-electron chi connectivity index (χ3n) is 9.94. The van der Waals surface area contributed by atoms with Crippen LogP contribution in [0.5, 0.6) is 5.75 Å². The van der Waals surface area contributed by atoms with Gasteiger partial charge in [-0.3, -0.25) is 29.4 Å². The predicted molar refractivity (Wildman–Crippen MR) is 188 cm³/mol. The molecule has 4 aromatic carbocycles. The number of amides is 3. The third-order valence-corrected chi connectivity index (χ3v) is 9.94. The number of aliphatic hydroxyl groups is 2. The number of rotatable bonds is 9. The van der Waals surface area contributed by atoms with Crippen LogP contribution in [0.4, 0.5) is 22.7 Å². The number of para-hydroxylation sites is 2. The van der Waals surface area contributed by atoms with E-state index in [9.17, 15) is 34.7 Å². The van der Waals surface area contributed by atoms with Gasteiger partial charge < -0.3 is 24.7 Å². The van der Waals surface area contributed by atoms with Crippen molar-refractivity contribution in [3.8, 4) is 5.75 Å². The largest absolute Gasteiger partial charge is 0.482 e. The minimum absolute atomic E-state index is 0.00781. The zero-order valence-corrected chi connectivity index (χ0v) is 27.8. The van der Waals surface area contributed by atoms with Crippen LogP contribution in [0.2, 0.25) is 0 Å². The molecule has 0 spiro atoms. The number of nitro benzene ring substituents is 1. The second-order valence-electron chi connectivity index (χ2n) is 13.0. The summed E-state index contributed by atoms with van der Waals surface area (Å²) in [6, 6.07) is 25.7. The number of hydrogen-bond donors (Lipinski definition) is 2. The highest BCUT2D eigenvalue weighted by Crippen LogP contribution is 2.47. The van der Waals surface area contributed by atoms with Crippen LogP contribution in [0, 0.1) is 16.0 Å². The zero-order chi connectivity index (χ0) is 35.9. The topological polar surface area (TPSA) is 154 Å². The molecule has 12 heteroatoms. The number of carbonyl (C=O) groups excluding carboxylic acids is 3. The highest BCUT2D eigenvalue weighted by molar-refractivity contribution is 6.08. The van der Waals surface area contributed by atoms with Gasteiger partial charge in [0.25, 0.3) is 17.5 Å². The van der Waals surface area contributed by atoms with Crippen LogP contribution in [0.3, 0.4) is 0 Å². The van der Waals surface area contributed by atoms with Gasteiger partial charge in [0, 0.05) is 42.3 Å². The minimum Gasteiger partial charge on any atom is -0.482 e. The minimum atomic E-state index is -2.17. The summed E-state index contributed by atoms with van der Waals surface area (Å²) >= 11 is 0. The number of fused-ring (bicyclic) bond motifs is 3. The fraction of sp³-hybridized carbons (Fsp3) is 0.256. The molecule has 0 saturated heterocycles. The summed E-state index contributed by atoms with van der Waals surface area (Å²) in [5.41, 5.74) is 1.88. The van der Waals surface area contributed by atoms with Crippen molar-refractivity contribution < 1.29 is 34.3 Å². The molecular formula is C39H36N4O8. The summed E-state index contributed by atoms with van der Waals surface area (Å²) in [6.45, 7) is 1.69. The molecule has 3 aliphatic rings. The third kappa shape index (κ3) is 6.02. The Morgan fingerprint density at radius 1 is 1.02 bits per heavy atom. The van der Waals surface area contributed by atoms with E-state index in [-0.39, 0.29) is 55.3 Å². The molecular weight excluding hydrogens is 652 g/mol. The van der Waals surface area contributed by atoms with Gasteiger partial charge in [-0.2, -0.15) is 0 Å². The number of carbonyl (C=O) groups is 3. The molecule has 260 valence electrons. The van der Waals surface area contributed by atoms with Crippen molar-refractivity contribution in [2.75, 3.05) is 23.0 Å². The molecule has 3 heterocycles. The van der Waals surface area contributed by atoms with Gasteiger partial charge in [0.05, 0.1) is 35.5 Å². The smallest absolute Gasteiger partial charge is 0.269 e. The van der Waals surface area contributed by atoms with E-state index in [2.05, 4.69) is 0 Å². The molecule has 0 bridgehead atoms. The van der Waals surface area contributed by atoms with E-state index in [0.717, 1.165) is 11.1 Å². The van der Waals surface area contributed by atoms with E-state index in [1.54, 1.807) is 65.3 Å². The molecule has 3 atom stereocenters. The number of aliphatic hydroxyl groups excluding tert-OH is 1. The Morgan fingerprint density at radius 3 is 2.57 bits per heavy atom. The number of non-ortho nitro benzene ring substituents is 1. The Kier molecular flexibility index (Phi) is 8.88. The Bertz CT molecular complexity index is 2080. The summed E-state index contributed by atoms with van der Waals surface area (Å²) in [4.78, 5) is 56.4. The van der Waals surface area contributed by atoms with E-state index in [4.69, 9.17) is 4.74 Å². The lowest BCUT2D eigenvalue weighted by molar-refractivity contribution is -0.385. The van der Waals surface area contributed by atoms with Gasteiger partial charge in [0.15, 0.2) is 12.2 Å². The fourth-order valence-electron chi connectivity index (χ4n) is 7.24. The molecule has 0 aliphatic carbocycles. The first-order chi connectivity index (χ1) is 24.6. The van der Waals surface area contributed by atoms with Crippen molar-refractivity contribution in [3.63, 3.8) is 0 Å². The number of nitro groups is 1. The predicted octanol–water partition coefficient (Wildman–Crippen LogP) is 4.91. The van der Waals surface area contributed by atoms with Crippen LogP contribution >= 0.6 is 0 Å². The van der Waals surface area contributed by atoms with Crippen LogP contribution in [0.15, 0.2) is 103 Å². The van der Waals surface area contributed by atoms with E-state index in [0.29, 0.717) is 41.3 Å². The molecule has 3 amide bonds. The number of ether oxygens (including phenoxy) is 1. The molecule has 0 unspecified atom stereocenters. The molecule has 0 fully saturated rings. The Balaban J connectivity index is 1.14. The Hall–Kier alpha value is -5.85. The molecule has 0 aromatic heterocycles. The van der Waals surface area contributed by atoms with Crippen molar-refractivity contribution in [2.24, 2.45) is 5.92 Å². The van der Waals surface area contributed by atoms with Gasteiger partial charge in [-0.25, -0.2) is 0 Å². The van der Waals surface area contributed by atoms with Crippen LogP contribution in [-0.2, 0) is 39.5 Å². The number of hydrogen-bond acceptors (Lipinski definition) is 8. The van der Waals surface area contributed by atoms with Crippen molar-refractivity contribution in [1.82, 2.24) is 4.90 Å². The van der Waals surface area contributed by atoms with E-state index in [1.165, 1.54) is 23.1 Å². The zero-order valence-electron chi connectivity index (χ0n) is 27.8. The van der Waals surface area contributed by atoms with Gasteiger partial charge in [0.1, 0.15) is 5.75 Å². The molecule has 0 radical (unpaired) electrons. The van der Waals surface area contributed by atoms with Gasteiger partial charge in [-0.1, -0.05) is 67.6 Å². The lowest BCUT2D eigenvalue weighted by Gasteiger charge is -2.36. The second kappa shape index (κ2) is 13.5. The maximum Gasteiger partial charge on any atom is 0.269 e. The quantitative estimate of drug-likeness (QED) is 0.143. The molecule has 2 N–H and O–H groups in total. The van der Waals surface area contributed by atoms with Crippen LogP contribution in [0.25, 0.3) is 0 Å². The van der Waals surface area contributed by atoms with Gasteiger partial charge in [0.2, 0.25) is 5.91 Å². The maximum absolute atomic E-state index is 14.2. The van der Waals surface area contributed by atoms with Crippen LogP contribution in [0.1, 0.15) is 35.6 Å². The summed E-state index contributed by atoms with van der Waals surface area (Å²) < 4.78 is 5.59. The summed E-state index contributed by atoms with van der Waals surface area (Å²) in [5.74, 6) is -1.46. The number of benzene rings is 4. The highest BCUT2D eigenvalue weighted by atomic mass is 16.6. The standard InChI is InChI=1S/C39H36N4O8/c1-25(8-6-15-36(45)40-22-28-11-3-2-10-27(28)19-31(40)23-44)39(48)32-20-30(43(49)50)16-17-33(32)41(38(39)47)21-26-9-7-12-29(18-26)42-34-13-4-5-14-35(34)51-24-37(42)46/h2-14,16-18,20,25,31,44,48H,15,19,21-24H2,1H3/b8-6+/t25-,31+,39+/m1/s1. The van der Waals surface area contributed by atoms with Gasteiger partial charge in [-0.05, 0) is 53.4 Å². The van der Waals surface area contributed by atoms with E-state index >= 15 is 0 Å². The van der Waals surface area contributed by atoms with E-state index in [1.807, 2.05) is 36.4 Å². The first-order valence-electron chi connectivity index (χ1n) is 16.7. The number of anilines is 3. The van der Waals surface area contributed by atoms with Gasteiger partial charge in [-0.15, -0.1) is 0 Å². The Labute approximate surface area is 293 Å². The van der Waals surface area contributed by atoms with Crippen molar-refractivity contribution in [3.05, 3.63) is 136 Å². The molecule has 3 aliphatic heterocycles. The summed E-state index contributed by atoms with van der Waals surface area (Å²) in [6.07, 6.45) is 3.68. The molecule has 7 rings (SSSR count). The van der Waals surface area contributed by atoms with Crippen molar-refractivity contribution >= 4 is 40.5 Å². The van der Waals surface area contributed by atoms with Crippen LogP contribution in [-0.4, -0.2) is 57.0 Å². The average Bonchev–Trinajstić information content (AvgIpc) is 3.36. The molecule has 51 heavy (non-hydrogen) atoms. The molecule has 12 nitrogen and oxygen atoms in total. The second-order valence-corrected chi connectivity index (χ2v) is 13.0. The van der Waals surface area contributed by atoms with Crippen molar-refractivity contribution in [1.29, 1.82) is 0 Å². The molecule has 4 aromatic rings. The first-order valence-corrected chi connectivity index (χ1v) is 16.7. The number of nitrogens with zero attached hydrogens (tertiary/aromatic N) is 4. The Morgan fingerprint density at radius 2 is 1.78 bits per heavy atom.